The van der Waals surface area contributed by atoms with Crippen LogP contribution in [0, 0.1) is 0 Å². The second-order valence-electron chi connectivity index (χ2n) is 4.45. The first-order valence-electron chi connectivity index (χ1n) is 6.48. The molecule has 1 saturated heterocycles. The Morgan fingerprint density at radius 1 is 1.27 bits per heavy atom. The van der Waals surface area contributed by atoms with E-state index in [2.05, 4.69) is 20.3 Å². The first-order chi connectivity index (χ1) is 10.4. The highest BCUT2D eigenvalue weighted by Crippen LogP contribution is 2.36. The number of ether oxygens (including phenoxy) is 1. The van der Waals surface area contributed by atoms with Crippen LogP contribution in [0.25, 0.3) is 0 Å². The zero-order valence-electron chi connectivity index (χ0n) is 11.4. The lowest BCUT2D eigenvalue weighted by Crippen LogP contribution is -2.38. The number of hydrogen-bond donors (Lipinski definition) is 2. The number of hydrogen-bond acceptors (Lipinski definition) is 7. The quantitative estimate of drug-likeness (QED) is 0.751. The second-order valence-corrected chi connectivity index (χ2v) is 6.73. The normalized spacial score (nSPS) is 15.7. The highest BCUT2D eigenvalue weighted by atomic mass is 35.6. The summed E-state index contributed by atoms with van der Waals surface area (Å²) in [5.41, 5.74) is 0. The predicted octanol–water partition coefficient (Wildman–Crippen LogP) is 1.42. The van der Waals surface area contributed by atoms with Crippen molar-refractivity contribution in [2.45, 2.75) is 10.2 Å². The van der Waals surface area contributed by atoms with Crippen molar-refractivity contribution in [2.24, 2.45) is 0 Å². The largest absolute Gasteiger partial charge is 0.481 e. The van der Waals surface area contributed by atoms with Crippen molar-refractivity contribution < 1.29 is 14.6 Å². The molecule has 11 heteroatoms. The van der Waals surface area contributed by atoms with Crippen LogP contribution < -0.4 is 10.2 Å². The van der Waals surface area contributed by atoms with E-state index in [1.807, 2.05) is 4.90 Å². The summed E-state index contributed by atoms with van der Waals surface area (Å²) in [6.45, 7) is 2.48. The highest BCUT2D eigenvalue weighted by molar-refractivity contribution is 6.66. The molecule has 1 aromatic rings. The highest BCUT2D eigenvalue weighted by Gasteiger charge is 2.29. The van der Waals surface area contributed by atoms with Gasteiger partial charge in [-0.15, -0.1) is 0 Å². The van der Waals surface area contributed by atoms with E-state index in [-0.39, 0.29) is 24.7 Å². The molecule has 2 heterocycles. The van der Waals surface area contributed by atoms with Gasteiger partial charge in [-0.05, 0) is 0 Å². The summed E-state index contributed by atoms with van der Waals surface area (Å²) in [6, 6.07) is 0. The molecule has 0 aromatic carbocycles. The van der Waals surface area contributed by atoms with Crippen molar-refractivity contribution in [3.05, 3.63) is 5.82 Å². The number of aliphatic carboxylic acids is 1. The van der Waals surface area contributed by atoms with Crippen molar-refractivity contribution in [1.82, 2.24) is 15.0 Å². The van der Waals surface area contributed by atoms with Crippen LogP contribution in [0.3, 0.4) is 0 Å². The molecule has 0 aliphatic carbocycles. The van der Waals surface area contributed by atoms with E-state index in [4.69, 9.17) is 44.6 Å². The van der Waals surface area contributed by atoms with Gasteiger partial charge in [0.1, 0.15) is 0 Å². The number of carboxylic acids is 1. The Labute approximate surface area is 141 Å². The average Bonchev–Trinajstić information content (AvgIpc) is 2.46. The molecule has 0 bridgehead atoms. The molecule has 1 aliphatic rings. The lowest BCUT2D eigenvalue weighted by molar-refractivity contribution is -0.136. The van der Waals surface area contributed by atoms with Crippen LogP contribution in [0.1, 0.15) is 12.2 Å². The van der Waals surface area contributed by atoms with E-state index in [1.165, 1.54) is 0 Å². The minimum absolute atomic E-state index is 0.0215. The van der Waals surface area contributed by atoms with Crippen LogP contribution in [0.15, 0.2) is 0 Å². The van der Waals surface area contributed by atoms with Crippen molar-refractivity contribution in [2.75, 3.05) is 43.1 Å². The molecule has 2 rings (SSSR count). The summed E-state index contributed by atoms with van der Waals surface area (Å²) in [7, 11) is 0. The molecule has 1 aliphatic heterocycles. The molecule has 0 spiro atoms. The van der Waals surface area contributed by atoms with Gasteiger partial charge < -0.3 is 20.1 Å². The van der Waals surface area contributed by atoms with Gasteiger partial charge in [0.15, 0.2) is 5.82 Å². The summed E-state index contributed by atoms with van der Waals surface area (Å²) in [6.07, 6.45) is -0.0817. The van der Waals surface area contributed by atoms with Crippen LogP contribution in [-0.4, -0.2) is 58.9 Å². The van der Waals surface area contributed by atoms with Crippen molar-refractivity contribution in [1.29, 1.82) is 0 Å². The fourth-order valence-corrected chi connectivity index (χ4v) is 2.01. The third-order valence-electron chi connectivity index (χ3n) is 2.79. The van der Waals surface area contributed by atoms with E-state index >= 15 is 0 Å². The molecular formula is C11H14Cl3N5O3. The molecule has 2 N–H and O–H groups in total. The summed E-state index contributed by atoms with van der Waals surface area (Å²) >= 11 is 17.5. The van der Waals surface area contributed by atoms with Crippen molar-refractivity contribution in [3.8, 4) is 0 Å². The van der Waals surface area contributed by atoms with Crippen LogP contribution in [-0.2, 0) is 13.3 Å². The van der Waals surface area contributed by atoms with Crippen LogP contribution in [0.5, 0.6) is 0 Å². The molecule has 0 unspecified atom stereocenters. The summed E-state index contributed by atoms with van der Waals surface area (Å²) in [5.74, 6) is -0.431. The van der Waals surface area contributed by atoms with Gasteiger partial charge in [0.25, 0.3) is 0 Å². The Balaban J connectivity index is 2.22. The van der Waals surface area contributed by atoms with E-state index in [0.29, 0.717) is 32.3 Å². The maximum atomic E-state index is 10.6. The number of carboxylic acid groups (broad SMARTS) is 1. The zero-order valence-corrected chi connectivity index (χ0v) is 13.7. The molecule has 8 nitrogen and oxygen atoms in total. The molecule has 1 aromatic heterocycles. The lowest BCUT2D eigenvalue weighted by atomic mass is 10.4. The minimum atomic E-state index is -1.80. The van der Waals surface area contributed by atoms with Crippen LogP contribution in [0.2, 0.25) is 0 Å². The molecule has 1 fully saturated rings. The molecule has 0 saturated carbocycles. The Bertz CT molecular complexity index is 534. The minimum Gasteiger partial charge on any atom is -0.481 e. The van der Waals surface area contributed by atoms with E-state index in [0.717, 1.165) is 0 Å². The molecule has 122 valence electrons. The SMILES string of the molecule is O=C(O)CCNc1nc(N2CCOCC2)nc(C(Cl)(Cl)Cl)n1. The number of alkyl halides is 3. The van der Waals surface area contributed by atoms with Crippen LogP contribution in [0.4, 0.5) is 11.9 Å². The Morgan fingerprint density at radius 2 is 1.95 bits per heavy atom. The van der Waals surface area contributed by atoms with Gasteiger partial charge in [-0.25, -0.2) is 0 Å². The van der Waals surface area contributed by atoms with Gasteiger partial charge in [0.05, 0.1) is 19.6 Å². The molecular weight excluding hydrogens is 357 g/mol. The van der Waals surface area contributed by atoms with Gasteiger partial charge in [0.2, 0.25) is 15.7 Å². The van der Waals surface area contributed by atoms with Gasteiger partial charge >= 0.3 is 5.97 Å². The topological polar surface area (TPSA) is 100 Å². The molecule has 0 radical (unpaired) electrons. The predicted molar refractivity (Wildman–Crippen MR) is 82.8 cm³/mol. The summed E-state index contributed by atoms with van der Waals surface area (Å²) in [5, 5.41) is 11.4. The number of morpholine rings is 1. The summed E-state index contributed by atoms with van der Waals surface area (Å²) in [4.78, 5) is 24.9. The first-order valence-corrected chi connectivity index (χ1v) is 7.61. The van der Waals surface area contributed by atoms with Gasteiger partial charge in [-0.1, -0.05) is 34.8 Å². The smallest absolute Gasteiger partial charge is 0.305 e. The van der Waals surface area contributed by atoms with Crippen LogP contribution >= 0.6 is 34.8 Å². The zero-order chi connectivity index (χ0) is 16.2. The van der Waals surface area contributed by atoms with E-state index in [1.54, 1.807) is 0 Å². The maximum Gasteiger partial charge on any atom is 0.305 e. The third-order valence-corrected chi connectivity index (χ3v) is 3.30. The lowest BCUT2D eigenvalue weighted by Gasteiger charge is -2.27. The number of nitrogens with one attached hydrogen (secondary N) is 1. The fraction of sp³-hybridized carbons (Fsp3) is 0.636. The number of aromatic nitrogens is 3. The number of rotatable bonds is 5. The molecule has 22 heavy (non-hydrogen) atoms. The number of halogens is 3. The average molecular weight is 371 g/mol. The standard InChI is InChI=1S/C11H14Cl3N5O3/c12-11(13,14)8-16-9(15-2-1-7(20)21)18-10(17-8)19-3-5-22-6-4-19/h1-6H2,(H,20,21)(H,15,16,17,18). The third kappa shape index (κ3) is 4.98. The summed E-state index contributed by atoms with van der Waals surface area (Å²) < 4.78 is 3.47. The van der Waals surface area contributed by atoms with Gasteiger partial charge in [-0.3, -0.25) is 4.79 Å². The van der Waals surface area contributed by atoms with E-state index in [9.17, 15) is 4.79 Å². The Hall–Kier alpha value is -1.09. The van der Waals surface area contributed by atoms with Gasteiger partial charge in [0, 0.05) is 19.6 Å². The fourth-order valence-electron chi connectivity index (χ4n) is 1.76. The second kappa shape index (κ2) is 7.45. The maximum absolute atomic E-state index is 10.6. The molecule has 0 amide bonds. The van der Waals surface area contributed by atoms with Crippen molar-refractivity contribution in [3.63, 3.8) is 0 Å². The van der Waals surface area contributed by atoms with Gasteiger partial charge in [-0.2, -0.15) is 15.0 Å². The Kier molecular flexibility index (Phi) is 5.85. The van der Waals surface area contributed by atoms with Crippen molar-refractivity contribution >= 4 is 52.7 Å². The van der Waals surface area contributed by atoms with E-state index < -0.39 is 9.76 Å². The number of carbonyl (C=O) groups is 1. The Morgan fingerprint density at radius 3 is 2.55 bits per heavy atom. The molecule has 0 atom stereocenters. The number of anilines is 2. The first kappa shape index (κ1) is 17.3. The monoisotopic (exact) mass is 369 g/mol. The number of nitrogens with zero attached hydrogens (tertiary/aromatic N) is 4.